The highest BCUT2D eigenvalue weighted by molar-refractivity contribution is 9.10. The number of amides is 3. The molecule has 0 radical (unpaired) electrons. The minimum absolute atomic E-state index is 0.0728. The van der Waals surface area contributed by atoms with E-state index in [9.17, 15) is 14.4 Å². The summed E-state index contributed by atoms with van der Waals surface area (Å²) in [5.41, 5.74) is 5.86. The van der Waals surface area contributed by atoms with Crippen molar-refractivity contribution in [1.29, 1.82) is 0 Å². The third-order valence-corrected chi connectivity index (χ3v) is 5.84. The van der Waals surface area contributed by atoms with Crippen molar-refractivity contribution < 1.29 is 14.4 Å². The summed E-state index contributed by atoms with van der Waals surface area (Å²) in [5.74, 6) is -0.532. The zero-order chi connectivity index (χ0) is 20.5. The lowest BCUT2D eigenvalue weighted by molar-refractivity contribution is -0.129. The van der Waals surface area contributed by atoms with Crippen LogP contribution in [0.2, 0.25) is 0 Å². The standard InChI is InChI=1S/C18H21BrN4O3S2/c1-11-20-12(10-28-11)9-16(24)22-23-18(26)15(7-8-27-2)21-17(25)13-5-3-4-6-14(13)19/h3-6,10,15H,7-9H2,1-2H3,(H,21,25)(H,22,24)(H,23,26)/t15-/m1/s1. The number of hydrogen-bond acceptors (Lipinski definition) is 6. The van der Waals surface area contributed by atoms with Gasteiger partial charge in [0.2, 0.25) is 5.91 Å². The second kappa shape index (κ2) is 11.2. The molecule has 1 atom stereocenters. The van der Waals surface area contributed by atoms with Crippen molar-refractivity contribution in [3.63, 3.8) is 0 Å². The monoisotopic (exact) mass is 484 g/mol. The number of nitrogens with zero attached hydrogens (tertiary/aromatic N) is 1. The Morgan fingerprint density at radius 2 is 2.00 bits per heavy atom. The van der Waals surface area contributed by atoms with Crippen molar-refractivity contribution in [1.82, 2.24) is 21.2 Å². The molecule has 1 aromatic heterocycles. The number of aryl methyl sites for hydroxylation is 1. The first-order valence-electron chi connectivity index (χ1n) is 8.44. The van der Waals surface area contributed by atoms with Gasteiger partial charge in [0.25, 0.3) is 11.8 Å². The quantitative estimate of drug-likeness (QED) is 0.499. The molecule has 0 aliphatic carbocycles. The van der Waals surface area contributed by atoms with Crippen LogP contribution in [0.15, 0.2) is 34.1 Å². The average Bonchev–Trinajstić information content (AvgIpc) is 3.07. The summed E-state index contributed by atoms with van der Waals surface area (Å²) in [6.07, 6.45) is 2.43. The normalized spacial score (nSPS) is 11.5. The van der Waals surface area contributed by atoms with E-state index >= 15 is 0 Å². The molecule has 150 valence electrons. The van der Waals surface area contributed by atoms with Crippen LogP contribution in [0.25, 0.3) is 0 Å². The van der Waals surface area contributed by atoms with Crippen LogP contribution in [-0.2, 0) is 16.0 Å². The van der Waals surface area contributed by atoms with Crippen LogP contribution >= 0.6 is 39.0 Å². The minimum Gasteiger partial charge on any atom is -0.340 e. The molecule has 2 rings (SSSR count). The molecule has 0 fully saturated rings. The van der Waals surface area contributed by atoms with Crippen LogP contribution in [0, 0.1) is 6.92 Å². The van der Waals surface area contributed by atoms with Crippen molar-refractivity contribution in [2.45, 2.75) is 25.8 Å². The van der Waals surface area contributed by atoms with Crippen LogP contribution in [0.3, 0.4) is 0 Å². The topological polar surface area (TPSA) is 100 Å². The Kier molecular flexibility index (Phi) is 8.94. The molecule has 28 heavy (non-hydrogen) atoms. The van der Waals surface area contributed by atoms with E-state index in [0.717, 1.165) is 5.01 Å². The van der Waals surface area contributed by atoms with E-state index in [1.54, 1.807) is 41.4 Å². The fourth-order valence-electron chi connectivity index (χ4n) is 2.30. The first-order chi connectivity index (χ1) is 13.4. The van der Waals surface area contributed by atoms with Gasteiger partial charge in [-0.1, -0.05) is 12.1 Å². The van der Waals surface area contributed by atoms with E-state index in [2.05, 4.69) is 37.1 Å². The number of nitrogens with one attached hydrogen (secondary N) is 3. The third kappa shape index (κ3) is 6.92. The maximum atomic E-state index is 12.5. The summed E-state index contributed by atoms with van der Waals surface area (Å²) in [7, 11) is 0. The van der Waals surface area contributed by atoms with Crippen LogP contribution in [0.4, 0.5) is 0 Å². The van der Waals surface area contributed by atoms with E-state index < -0.39 is 11.9 Å². The Balaban J connectivity index is 1.93. The maximum Gasteiger partial charge on any atom is 0.260 e. The first kappa shape index (κ1) is 22.4. The van der Waals surface area contributed by atoms with E-state index in [4.69, 9.17) is 0 Å². The van der Waals surface area contributed by atoms with Gasteiger partial charge in [0.1, 0.15) is 6.04 Å². The molecule has 3 N–H and O–H groups in total. The Morgan fingerprint density at radius 3 is 2.64 bits per heavy atom. The highest BCUT2D eigenvalue weighted by Gasteiger charge is 2.22. The molecular formula is C18H21BrN4O3S2. The zero-order valence-electron chi connectivity index (χ0n) is 15.5. The lowest BCUT2D eigenvalue weighted by Gasteiger charge is -2.18. The van der Waals surface area contributed by atoms with Gasteiger partial charge in [-0.2, -0.15) is 11.8 Å². The number of benzene rings is 1. The Bertz CT molecular complexity index is 844. The van der Waals surface area contributed by atoms with Gasteiger partial charge >= 0.3 is 0 Å². The highest BCUT2D eigenvalue weighted by atomic mass is 79.9. The van der Waals surface area contributed by atoms with Crippen molar-refractivity contribution >= 4 is 56.8 Å². The van der Waals surface area contributed by atoms with Gasteiger partial charge in [-0.25, -0.2) is 4.98 Å². The molecule has 0 unspecified atom stereocenters. The number of hydrogen-bond donors (Lipinski definition) is 3. The molecule has 3 amide bonds. The van der Waals surface area contributed by atoms with Gasteiger partial charge in [-0.05, 0) is 53.4 Å². The van der Waals surface area contributed by atoms with Crippen LogP contribution < -0.4 is 16.2 Å². The second-order valence-corrected chi connectivity index (χ2v) is 8.76. The van der Waals surface area contributed by atoms with Crippen LogP contribution in [-0.4, -0.2) is 40.8 Å². The maximum absolute atomic E-state index is 12.5. The molecule has 0 saturated heterocycles. The second-order valence-electron chi connectivity index (χ2n) is 5.86. The smallest absolute Gasteiger partial charge is 0.260 e. The number of rotatable bonds is 8. The number of thioether (sulfide) groups is 1. The van der Waals surface area contributed by atoms with Gasteiger partial charge in [-0.3, -0.25) is 25.2 Å². The SMILES string of the molecule is CSCC[C@@H](NC(=O)c1ccccc1Br)C(=O)NNC(=O)Cc1csc(C)n1. The molecule has 0 aliphatic heterocycles. The van der Waals surface area contributed by atoms with Gasteiger partial charge < -0.3 is 5.32 Å². The summed E-state index contributed by atoms with van der Waals surface area (Å²) >= 11 is 6.36. The Labute approximate surface area is 180 Å². The fraction of sp³-hybridized carbons (Fsp3) is 0.333. The molecule has 0 aliphatic rings. The molecule has 2 aromatic rings. The van der Waals surface area contributed by atoms with E-state index in [1.807, 2.05) is 13.2 Å². The number of carbonyl (C=O) groups is 3. The van der Waals surface area contributed by atoms with Crippen molar-refractivity contribution in [3.8, 4) is 0 Å². The Hall–Kier alpha value is -1.91. The lowest BCUT2D eigenvalue weighted by atomic mass is 10.1. The highest BCUT2D eigenvalue weighted by Crippen LogP contribution is 2.16. The van der Waals surface area contributed by atoms with Crippen molar-refractivity contribution in [2.24, 2.45) is 0 Å². The largest absolute Gasteiger partial charge is 0.340 e. The molecular weight excluding hydrogens is 464 g/mol. The number of hydrazine groups is 1. The molecule has 0 bridgehead atoms. The zero-order valence-corrected chi connectivity index (χ0v) is 18.7. The number of aromatic nitrogens is 1. The van der Waals surface area contributed by atoms with E-state index in [1.165, 1.54) is 11.3 Å². The van der Waals surface area contributed by atoms with Gasteiger partial charge in [0.05, 0.1) is 22.7 Å². The molecule has 7 nitrogen and oxygen atoms in total. The predicted octanol–water partition coefficient (Wildman–Crippen LogP) is 2.46. The minimum atomic E-state index is -0.770. The lowest BCUT2D eigenvalue weighted by Crippen LogP contribution is -2.52. The molecule has 1 aromatic carbocycles. The summed E-state index contributed by atoms with van der Waals surface area (Å²) in [4.78, 5) is 41.2. The molecule has 10 heteroatoms. The predicted molar refractivity (Wildman–Crippen MR) is 115 cm³/mol. The number of halogens is 1. The van der Waals surface area contributed by atoms with Crippen LogP contribution in [0.1, 0.15) is 27.5 Å². The van der Waals surface area contributed by atoms with E-state index in [-0.39, 0.29) is 18.2 Å². The number of thiazole rings is 1. The van der Waals surface area contributed by atoms with Gasteiger partial charge in [-0.15, -0.1) is 11.3 Å². The van der Waals surface area contributed by atoms with Gasteiger partial charge in [0, 0.05) is 9.85 Å². The van der Waals surface area contributed by atoms with Crippen LogP contribution in [0.5, 0.6) is 0 Å². The average molecular weight is 485 g/mol. The first-order valence-corrected chi connectivity index (χ1v) is 11.5. The molecule has 0 saturated carbocycles. The number of carbonyl (C=O) groups excluding carboxylic acids is 3. The summed E-state index contributed by atoms with van der Waals surface area (Å²) < 4.78 is 0.642. The molecule has 1 heterocycles. The summed E-state index contributed by atoms with van der Waals surface area (Å²) in [5, 5.41) is 5.40. The Morgan fingerprint density at radius 1 is 1.25 bits per heavy atom. The third-order valence-electron chi connectivity index (χ3n) is 3.68. The fourth-order valence-corrected chi connectivity index (χ4v) is 3.85. The summed E-state index contributed by atoms with van der Waals surface area (Å²) in [6.45, 7) is 1.86. The molecule has 0 spiro atoms. The van der Waals surface area contributed by atoms with Gasteiger partial charge in [0.15, 0.2) is 0 Å². The van der Waals surface area contributed by atoms with Crippen molar-refractivity contribution in [3.05, 3.63) is 50.4 Å². The van der Waals surface area contributed by atoms with Crippen molar-refractivity contribution in [2.75, 3.05) is 12.0 Å². The van der Waals surface area contributed by atoms with E-state index in [0.29, 0.717) is 27.9 Å². The summed E-state index contributed by atoms with van der Waals surface area (Å²) in [6, 6.07) is 6.20.